The number of aryl methyl sites for hydroxylation is 1. The van der Waals surface area contributed by atoms with Crippen molar-refractivity contribution in [2.24, 2.45) is 17.8 Å². The first-order valence-electron chi connectivity index (χ1n) is 7.75. The van der Waals surface area contributed by atoms with Gasteiger partial charge in [0.15, 0.2) is 0 Å². The molecule has 2 saturated carbocycles. The molecule has 0 radical (unpaired) electrons. The molecular weight excluding hydrogens is 288 g/mol. The number of rotatable bonds is 8. The number of hydrogen-bond acceptors (Lipinski definition) is 4. The fourth-order valence-corrected chi connectivity index (χ4v) is 4.38. The predicted octanol–water partition coefficient (Wildman–Crippen LogP) is 2.02. The van der Waals surface area contributed by atoms with Gasteiger partial charge in [0.25, 0.3) is 0 Å². The Morgan fingerprint density at radius 2 is 1.90 bits per heavy atom. The normalized spacial score (nSPS) is 19.4. The molecule has 0 amide bonds. The summed E-state index contributed by atoms with van der Waals surface area (Å²) in [6.07, 6.45) is 5.06. The molecule has 2 fully saturated rings. The minimum absolute atomic E-state index is 0.276. The highest BCUT2D eigenvalue weighted by molar-refractivity contribution is 7.89. The van der Waals surface area contributed by atoms with Crippen LogP contribution in [-0.2, 0) is 16.6 Å². The second-order valence-corrected chi connectivity index (χ2v) is 8.09. The molecule has 0 spiro atoms. The monoisotopic (exact) mass is 312 g/mol. The van der Waals surface area contributed by atoms with Crippen LogP contribution >= 0.6 is 0 Å². The van der Waals surface area contributed by atoms with Crippen molar-refractivity contribution in [3.63, 3.8) is 0 Å². The van der Waals surface area contributed by atoms with Crippen LogP contribution in [-0.4, -0.2) is 22.0 Å². The van der Waals surface area contributed by atoms with E-state index in [1.54, 1.807) is 20.0 Å². The van der Waals surface area contributed by atoms with Crippen LogP contribution in [0.4, 0.5) is 0 Å². The van der Waals surface area contributed by atoms with Crippen LogP contribution in [0.5, 0.6) is 0 Å². The Hall–Kier alpha value is -0.850. The van der Waals surface area contributed by atoms with Gasteiger partial charge in [-0.15, -0.1) is 0 Å². The Kier molecular flexibility index (Phi) is 4.12. The molecule has 118 valence electrons. The standard InChI is InChI=1S/C15H24N2O3S/c1-10-15(7-13(20-10)8-16-2)21(18,19)17-9-14(11-3-4-11)12-5-6-12/h7,11-12,14,16-17H,3-6,8-9H2,1-2H3. The summed E-state index contributed by atoms with van der Waals surface area (Å²) in [4.78, 5) is 0.276. The van der Waals surface area contributed by atoms with Gasteiger partial charge in [0.05, 0.1) is 6.54 Å². The van der Waals surface area contributed by atoms with Crippen LogP contribution in [0.2, 0.25) is 0 Å². The molecule has 21 heavy (non-hydrogen) atoms. The van der Waals surface area contributed by atoms with E-state index in [0.29, 0.717) is 30.5 Å². The van der Waals surface area contributed by atoms with Crippen molar-refractivity contribution in [1.82, 2.24) is 10.0 Å². The van der Waals surface area contributed by atoms with Gasteiger partial charge >= 0.3 is 0 Å². The van der Waals surface area contributed by atoms with E-state index < -0.39 is 10.0 Å². The summed E-state index contributed by atoms with van der Waals surface area (Å²) in [5.74, 6) is 3.12. The summed E-state index contributed by atoms with van der Waals surface area (Å²) in [5, 5.41) is 2.96. The molecule has 3 rings (SSSR count). The van der Waals surface area contributed by atoms with Crippen LogP contribution in [0.15, 0.2) is 15.4 Å². The lowest BCUT2D eigenvalue weighted by Gasteiger charge is -2.16. The van der Waals surface area contributed by atoms with Gasteiger partial charge < -0.3 is 9.73 Å². The van der Waals surface area contributed by atoms with Gasteiger partial charge in [-0.1, -0.05) is 0 Å². The number of furan rings is 1. The van der Waals surface area contributed by atoms with Crippen LogP contribution < -0.4 is 10.0 Å². The lowest BCUT2D eigenvalue weighted by molar-refractivity contribution is 0.401. The molecule has 5 nitrogen and oxygen atoms in total. The highest BCUT2D eigenvalue weighted by Crippen LogP contribution is 2.48. The van der Waals surface area contributed by atoms with Gasteiger partial charge in [0, 0.05) is 12.6 Å². The van der Waals surface area contributed by atoms with Gasteiger partial charge in [-0.05, 0) is 57.4 Å². The molecule has 0 saturated heterocycles. The molecule has 1 aromatic heterocycles. The molecule has 6 heteroatoms. The molecule has 1 heterocycles. The molecule has 0 unspecified atom stereocenters. The van der Waals surface area contributed by atoms with Crippen LogP contribution in [0, 0.1) is 24.7 Å². The van der Waals surface area contributed by atoms with E-state index in [1.165, 1.54) is 25.7 Å². The van der Waals surface area contributed by atoms with Crippen molar-refractivity contribution >= 4 is 10.0 Å². The Bertz CT molecular complexity index is 588. The van der Waals surface area contributed by atoms with Gasteiger partial charge in [-0.3, -0.25) is 0 Å². The molecule has 2 N–H and O–H groups in total. The number of sulfonamides is 1. The maximum absolute atomic E-state index is 12.5. The fourth-order valence-electron chi connectivity index (χ4n) is 3.10. The van der Waals surface area contributed by atoms with E-state index in [4.69, 9.17) is 4.42 Å². The molecule has 0 aromatic carbocycles. The SMILES string of the molecule is CNCc1cc(S(=O)(=O)NCC(C2CC2)C2CC2)c(C)o1. The first kappa shape index (κ1) is 15.1. The Morgan fingerprint density at radius 1 is 1.29 bits per heavy atom. The van der Waals surface area contributed by atoms with Gasteiger partial charge in [0.1, 0.15) is 16.4 Å². The third kappa shape index (κ3) is 3.49. The highest BCUT2D eigenvalue weighted by Gasteiger charge is 2.41. The summed E-state index contributed by atoms with van der Waals surface area (Å²) < 4.78 is 33.2. The van der Waals surface area contributed by atoms with Crippen LogP contribution in [0.1, 0.15) is 37.2 Å². The van der Waals surface area contributed by atoms with Gasteiger partial charge in [0.2, 0.25) is 10.0 Å². The quantitative estimate of drug-likeness (QED) is 0.770. The second-order valence-electron chi connectivity index (χ2n) is 6.35. The number of hydrogen-bond donors (Lipinski definition) is 2. The van der Waals surface area contributed by atoms with Crippen molar-refractivity contribution < 1.29 is 12.8 Å². The average molecular weight is 312 g/mol. The molecule has 0 bridgehead atoms. The summed E-state index contributed by atoms with van der Waals surface area (Å²) in [6, 6.07) is 1.62. The highest BCUT2D eigenvalue weighted by atomic mass is 32.2. The lowest BCUT2D eigenvalue weighted by atomic mass is 9.99. The van der Waals surface area contributed by atoms with Gasteiger partial charge in [-0.2, -0.15) is 0 Å². The summed E-state index contributed by atoms with van der Waals surface area (Å²) in [5.41, 5.74) is 0. The van der Waals surface area contributed by atoms with Crippen molar-refractivity contribution in [3.05, 3.63) is 17.6 Å². The van der Waals surface area contributed by atoms with E-state index in [1.807, 2.05) is 0 Å². The smallest absolute Gasteiger partial charge is 0.244 e. The van der Waals surface area contributed by atoms with Crippen molar-refractivity contribution in [1.29, 1.82) is 0 Å². The molecular formula is C15H24N2O3S. The predicted molar refractivity (Wildman–Crippen MR) is 80.3 cm³/mol. The zero-order chi connectivity index (χ0) is 15.0. The lowest BCUT2D eigenvalue weighted by Crippen LogP contribution is -2.31. The summed E-state index contributed by atoms with van der Waals surface area (Å²) in [7, 11) is -1.66. The van der Waals surface area contributed by atoms with E-state index in [2.05, 4.69) is 10.0 Å². The summed E-state index contributed by atoms with van der Waals surface area (Å²) >= 11 is 0. The molecule has 0 aliphatic heterocycles. The number of nitrogens with one attached hydrogen (secondary N) is 2. The van der Waals surface area contributed by atoms with Crippen molar-refractivity contribution in [2.75, 3.05) is 13.6 Å². The maximum Gasteiger partial charge on any atom is 0.244 e. The van der Waals surface area contributed by atoms with E-state index >= 15 is 0 Å². The average Bonchev–Trinajstić information content (AvgIpc) is 3.30. The van der Waals surface area contributed by atoms with Crippen molar-refractivity contribution in [2.45, 2.75) is 44.0 Å². The zero-order valence-electron chi connectivity index (χ0n) is 12.7. The molecule has 2 aliphatic carbocycles. The first-order valence-corrected chi connectivity index (χ1v) is 9.23. The van der Waals surface area contributed by atoms with E-state index in [-0.39, 0.29) is 4.90 Å². The first-order chi connectivity index (χ1) is 10.0. The Morgan fingerprint density at radius 3 is 2.43 bits per heavy atom. The van der Waals surface area contributed by atoms with E-state index in [9.17, 15) is 8.42 Å². The topological polar surface area (TPSA) is 71.3 Å². The zero-order valence-corrected chi connectivity index (χ0v) is 13.5. The maximum atomic E-state index is 12.5. The Balaban J connectivity index is 1.68. The molecule has 1 aromatic rings. The summed E-state index contributed by atoms with van der Waals surface area (Å²) in [6.45, 7) is 2.81. The molecule has 0 atom stereocenters. The minimum Gasteiger partial charge on any atom is -0.464 e. The minimum atomic E-state index is -3.47. The van der Waals surface area contributed by atoms with Crippen LogP contribution in [0.25, 0.3) is 0 Å². The van der Waals surface area contributed by atoms with E-state index in [0.717, 1.165) is 11.8 Å². The van der Waals surface area contributed by atoms with Crippen LogP contribution in [0.3, 0.4) is 0 Å². The largest absolute Gasteiger partial charge is 0.464 e. The third-order valence-corrected chi connectivity index (χ3v) is 6.06. The Labute approximate surface area is 126 Å². The van der Waals surface area contributed by atoms with Crippen molar-refractivity contribution in [3.8, 4) is 0 Å². The third-order valence-electron chi connectivity index (χ3n) is 4.53. The van der Waals surface area contributed by atoms with Gasteiger partial charge in [-0.25, -0.2) is 13.1 Å². The molecule has 2 aliphatic rings. The fraction of sp³-hybridized carbons (Fsp3) is 0.733. The second kappa shape index (κ2) is 5.74.